The standard InChI is InChI=1S/C35H33Cl2N3O3S/c1-5-43-34(42)31-21(4)38-35-40(32(31)24-13-11-23(12-14-24)20(2)3)33(41)30(44-35)17-25-19-39(29-9-7-6-8-26(25)29)18-22-10-15-27(36)28(37)16-22/h6-17,19-20,32,35,38H,5,18H2,1-4H3/b30-17-/t32-,35+/m1/s1. The van der Waals surface area contributed by atoms with Gasteiger partial charge in [-0.25, -0.2) is 4.79 Å². The number of hydrogen-bond acceptors (Lipinski definition) is 5. The van der Waals surface area contributed by atoms with Gasteiger partial charge in [0.05, 0.1) is 33.2 Å². The summed E-state index contributed by atoms with van der Waals surface area (Å²) < 4.78 is 7.62. The number of nitrogens with one attached hydrogen (secondary N) is 1. The van der Waals surface area contributed by atoms with Crippen LogP contribution < -0.4 is 5.32 Å². The van der Waals surface area contributed by atoms with Crippen molar-refractivity contribution in [2.75, 3.05) is 6.61 Å². The van der Waals surface area contributed by atoms with Crippen LogP contribution in [0.2, 0.25) is 10.0 Å². The molecule has 226 valence electrons. The molecule has 1 fully saturated rings. The number of rotatable bonds is 7. The van der Waals surface area contributed by atoms with Crippen LogP contribution in [0.4, 0.5) is 0 Å². The van der Waals surface area contributed by atoms with E-state index in [1.807, 2.05) is 49.4 Å². The average molecular weight is 647 g/mol. The molecule has 3 aromatic carbocycles. The van der Waals surface area contributed by atoms with Crippen LogP contribution in [-0.2, 0) is 20.9 Å². The van der Waals surface area contributed by atoms with E-state index in [4.69, 9.17) is 27.9 Å². The molecule has 1 saturated heterocycles. The second-order valence-electron chi connectivity index (χ2n) is 11.3. The molecule has 9 heteroatoms. The van der Waals surface area contributed by atoms with Gasteiger partial charge in [0.2, 0.25) is 0 Å². The molecule has 44 heavy (non-hydrogen) atoms. The Hall–Kier alpha value is -3.65. The van der Waals surface area contributed by atoms with Crippen LogP contribution in [0, 0.1) is 0 Å². The second kappa shape index (κ2) is 12.4. The summed E-state index contributed by atoms with van der Waals surface area (Å²) in [6.45, 7) is 8.79. The predicted molar refractivity (Wildman–Crippen MR) is 179 cm³/mol. The van der Waals surface area contributed by atoms with Gasteiger partial charge in [-0.1, -0.05) is 97.3 Å². The average Bonchev–Trinajstić information content (AvgIpc) is 3.50. The van der Waals surface area contributed by atoms with Crippen LogP contribution in [0.25, 0.3) is 17.0 Å². The number of thioether (sulfide) groups is 1. The van der Waals surface area contributed by atoms with Crippen LogP contribution in [-0.4, -0.2) is 33.4 Å². The van der Waals surface area contributed by atoms with Gasteiger partial charge in [-0.2, -0.15) is 0 Å². The van der Waals surface area contributed by atoms with Crippen molar-refractivity contribution in [1.29, 1.82) is 0 Å². The van der Waals surface area contributed by atoms with Crippen LogP contribution in [0.5, 0.6) is 0 Å². The number of esters is 1. The number of ether oxygens (including phenoxy) is 1. The molecular formula is C35H33Cl2N3O3S. The third-order valence-corrected chi connectivity index (χ3v) is 9.94. The summed E-state index contributed by atoms with van der Waals surface area (Å²) in [6.07, 6.45) is 4.02. The van der Waals surface area contributed by atoms with Crippen molar-refractivity contribution in [2.45, 2.75) is 51.7 Å². The van der Waals surface area contributed by atoms with E-state index in [0.29, 0.717) is 38.7 Å². The van der Waals surface area contributed by atoms with Gasteiger partial charge in [-0.15, -0.1) is 0 Å². The number of nitrogens with zero attached hydrogens (tertiary/aromatic N) is 2. The highest BCUT2D eigenvalue weighted by Gasteiger charge is 2.48. The third-order valence-electron chi connectivity index (χ3n) is 8.09. The fraction of sp³-hybridized carbons (Fsp3) is 0.257. The lowest BCUT2D eigenvalue weighted by molar-refractivity contribution is -0.140. The second-order valence-corrected chi connectivity index (χ2v) is 13.2. The smallest absolute Gasteiger partial charge is 0.338 e. The Bertz CT molecular complexity index is 1830. The number of benzene rings is 3. The molecule has 0 bridgehead atoms. The van der Waals surface area contributed by atoms with Crippen molar-refractivity contribution in [3.8, 4) is 0 Å². The number of carbonyl (C=O) groups is 2. The minimum Gasteiger partial charge on any atom is -0.463 e. The van der Waals surface area contributed by atoms with Crippen LogP contribution >= 0.6 is 35.0 Å². The fourth-order valence-corrected chi connectivity index (χ4v) is 7.41. The van der Waals surface area contributed by atoms with E-state index < -0.39 is 12.0 Å². The maximum atomic E-state index is 14.2. The lowest BCUT2D eigenvalue weighted by Gasteiger charge is -2.39. The number of carbonyl (C=O) groups excluding carboxylic acids is 2. The number of hydrogen-bond donors (Lipinski definition) is 1. The fourth-order valence-electron chi connectivity index (χ4n) is 5.88. The Morgan fingerprint density at radius 2 is 1.82 bits per heavy atom. The summed E-state index contributed by atoms with van der Waals surface area (Å²) in [7, 11) is 0. The van der Waals surface area contributed by atoms with Crippen molar-refractivity contribution in [3.05, 3.63) is 121 Å². The highest BCUT2D eigenvalue weighted by molar-refractivity contribution is 8.05. The van der Waals surface area contributed by atoms with Gasteiger partial charge in [-0.3, -0.25) is 9.69 Å². The molecule has 4 aromatic rings. The molecule has 0 unspecified atom stereocenters. The van der Waals surface area contributed by atoms with Gasteiger partial charge in [0.15, 0.2) is 5.50 Å². The van der Waals surface area contributed by atoms with Crippen molar-refractivity contribution in [2.24, 2.45) is 0 Å². The number of fused-ring (bicyclic) bond motifs is 2. The SMILES string of the molecule is CCOC(=O)C1=C(C)N[C@@H]2S/C(=C\c3cn(Cc4ccc(Cl)c(Cl)c4)c4ccccc34)C(=O)N2[C@@H]1c1ccc(C(C)C)cc1. The summed E-state index contributed by atoms with van der Waals surface area (Å²) in [5.74, 6) is -0.195. The lowest BCUT2D eigenvalue weighted by atomic mass is 9.91. The molecule has 0 aliphatic carbocycles. The molecule has 6 rings (SSSR count). The van der Waals surface area contributed by atoms with Crippen molar-refractivity contribution >= 4 is 63.8 Å². The van der Waals surface area contributed by atoms with Crippen molar-refractivity contribution in [1.82, 2.24) is 14.8 Å². The van der Waals surface area contributed by atoms with Gasteiger partial charge in [0.25, 0.3) is 5.91 Å². The molecule has 2 atom stereocenters. The molecule has 1 N–H and O–H groups in total. The quantitative estimate of drug-likeness (QED) is 0.161. The zero-order valence-electron chi connectivity index (χ0n) is 24.9. The Labute approximate surface area is 271 Å². The molecule has 6 nitrogen and oxygen atoms in total. The Kier molecular flexibility index (Phi) is 8.55. The zero-order valence-corrected chi connectivity index (χ0v) is 27.3. The number of amides is 1. The van der Waals surface area contributed by atoms with E-state index >= 15 is 0 Å². The van der Waals surface area contributed by atoms with E-state index in [-0.39, 0.29) is 18.0 Å². The Balaban J connectivity index is 1.39. The van der Waals surface area contributed by atoms with Crippen LogP contribution in [0.15, 0.2) is 89.1 Å². The van der Waals surface area contributed by atoms with E-state index in [0.717, 1.165) is 27.6 Å². The van der Waals surface area contributed by atoms with E-state index in [1.54, 1.807) is 17.9 Å². The first-order valence-corrected chi connectivity index (χ1v) is 16.3. The van der Waals surface area contributed by atoms with Gasteiger partial charge in [0.1, 0.15) is 0 Å². The first kappa shape index (κ1) is 30.4. The zero-order chi connectivity index (χ0) is 31.1. The van der Waals surface area contributed by atoms with Crippen LogP contribution in [0.3, 0.4) is 0 Å². The van der Waals surface area contributed by atoms with Gasteiger partial charge < -0.3 is 14.6 Å². The van der Waals surface area contributed by atoms with Crippen molar-refractivity contribution < 1.29 is 14.3 Å². The Morgan fingerprint density at radius 3 is 2.52 bits per heavy atom. The maximum absolute atomic E-state index is 14.2. The largest absolute Gasteiger partial charge is 0.463 e. The van der Waals surface area contributed by atoms with E-state index in [9.17, 15) is 9.59 Å². The predicted octanol–water partition coefficient (Wildman–Crippen LogP) is 8.50. The number of para-hydroxylation sites is 1. The molecule has 2 aliphatic rings. The topological polar surface area (TPSA) is 63.6 Å². The molecular weight excluding hydrogens is 613 g/mol. The van der Waals surface area contributed by atoms with Gasteiger partial charge in [-0.05, 0) is 60.7 Å². The number of aromatic nitrogens is 1. The highest BCUT2D eigenvalue weighted by Crippen LogP contribution is 2.47. The summed E-state index contributed by atoms with van der Waals surface area (Å²) in [5.41, 5.74) is 5.86. The summed E-state index contributed by atoms with van der Waals surface area (Å²) in [5, 5.41) is 5.47. The molecule has 2 aliphatic heterocycles. The van der Waals surface area contributed by atoms with E-state index in [1.165, 1.54) is 17.3 Å². The summed E-state index contributed by atoms with van der Waals surface area (Å²) >= 11 is 13.9. The minimum atomic E-state index is -0.580. The molecule has 1 aromatic heterocycles. The first-order chi connectivity index (χ1) is 21.2. The Morgan fingerprint density at radius 1 is 1.07 bits per heavy atom. The molecule has 0 radical (unpaired) electrons. The van der Waals surface area contributed by atoms with Crippen LogP contribution in [0.1, 0.15) is 61.9 Å². The molecule has 3 heterocycles. The normalized spacial score (nSPS) is 19.2. The molecule has 1 amide bonds. The van der Waals surface area contributed by atoms with Gasteiger partial charge >= 0.3 is 5.97 Å². The number of halogens is 2. The summed E-state index contributed by atoms with van der Waals surface area (Å²) in [6, 6.07) is 21.4. The highest BCUT2D eigenvalue weighted by atomic mass is 35.5. The minimum absolute atomic E-state index is 0.138. The maximum Gasteiger partial charge on any atom is 0.338 e. The summed E-state index contributed by atoms with van der Waals surface area (Å²) in [4.78, 5) is 29.9. The number of allylic oxidation sites excluding steroid dienone is 1. The monoisotopic (exact) mass is 645 g/mol. The van der Waals surface area contributed by atoms with Gasteiger partial charge in [0, 0.05) is 34.9 Å². The molecule has 0 saturated carbocycles. The third kappa shape index (κ3) is 5.65. The van der Waals surface area contributed by atoms with Crippen molar-refractivity contribution in [3.63, 3.8) is 0 Å². The first-order valence-electron chi connectivity index (χ1n) is 14.6. The van der Waals surface area contributed by atoms with E-state index in [2.05, 4.69) is 54.2 Å². The lowest BCUT2D eigenvalue weighted by Crippen LogP contribution is -2.49. The molecule has 0 spiro atoms.